The lowest BCUT2D eigenvalue weighted by atomic mass is 10.1. The molecule has 0 aliphatic rings. The normalized spacial score (nSPS) is 10.8. The van der Waals surface area contributed by atoms with Crippen LogP contribution in [0.5, 0.6) is 11.5 Å². The molecule has 0 aliphatic heterocycles. The monoisotopic (exact) mass is 572 g/mol. The molecule has 2 aromatic rings. The second-order valence-electron chi connectivity index (χ2n) is 7.25. The van der Waals surface area contributed by atoms with Gasteiger partial charge in [-0.25, -0.2) is 0 Å². The van der Waals surface area contributed by atoms with Crippen LogP contribution in [0.2, 0.25) is 0 Å². The maximum atomic E-state index is 12.0. The van der Waals surface area contributed by atoms with Crippen molar-refractivity contribution in [3.63, 3.8) is 0 Å². The number of carbonyl (C=O) groups is 1. The molecular weight excluding hydrogens is 535 g/mol. The van der Waals surface area contributed by atoms with Gasteiger partial charge in [0.1, 0.15) is 0 Å². The van der Waals surface area contributed by atoms with Crippen LogP contribution in [-0.4, -0.2) is 51.8 Å². The number of aliphatic imine (C=N–C) groups is 1. The van der Waals surface area contributed by atoms with E-state index in [9.17, 15) is 4.79 Å². The van der Waals surface area contributed by atoms with Gasteiger partial charge in [-0.2, -0.15) is 0 Å². The average Bonchev–Trinajstić information content (AvgIpc) is 3.22. The summed E-state index contributed by atoms with van der Waals surface area (Å²) in [6.07, 6.45) is 4.15. The number of carbonyl (C=O) groups excluding carboxylic acids is 1. The van der Waals surface area contributed by atoms with Crippen molar-refractivity contribution >= 4 is 35.8 Å². The molecule has 0 radical (unpaired) electrons. The Bertz CT molecular complexity index is 870. The van der Waals surface area contributed by atoms with Gasteiger partial charge in [-0.15, -0.1) is 24.0 Å². The van der Waals surface area contributed by atoms with E-state index in [2.05, 4.69) is 27.0 Å². The fourth-order valence-electron chi connectivity index (χ4n) is 3.14. The predicted molar refractivity (Wildman–Crippen MR) is 142 cm³/mol. The van der Waals surface area contributed by atoms with Gasteiger partial charge in [0.25, 0.3) is 5.91 Å². The van der Waals surface area contributed by atoms with E-state index in [-0.39, 0.29) is 29.9 Å². The Balaban J connectivity index is 0.00000544. The third kappa shape index (κ3) is 9.93. The Morgan fingerprint density at radius 3 is 2.52 bits per heavy atom. The Morgan fingerprint density at radius 2 is 1.85 bits per heavy atom. The zero-order valence-corrected chi connectivity index (χ0v) is 22.4. The summed E-state index contributed by atoms with van der Waals surface area (Å²) in [5.74, 6) is 2.50. The van der Waals surface area contributed by atoms with Gasteiger partial charge < -0.3 is 29.8 Å². The Labute approximate surface area is 213 Å². The van der Waals surface area contributed by atoms with E-state index in [0.717, 1.165) is 55.4 Å². The van der Waals surface area contributed by atoms with E-state index in [0.29, 0.717) is 25.5 Å². The Kier molecular flexibility index (Phi) is 14.1. The molecular formula is C24H37IN4O4. The highest BCUT2D eigenvalue weighted by molar-refractivity contribution is 14.0. The minimum absolute atomic E-state index is 0. The van der Waals surface area contributed by atoms with Crippen LogP contribution in [0, 0.1) is 6.92 Å². The highest BCUT2D eigenvalue weighted by atomic mass is 127. The number of aryl methyl sites for hydroxylation is 2. The first-order chi connectivity index (χ1) is 15.6. The SMILES string of the molecule is CCNC(=NCCCNC(=O)c1occc1C)NCCCc1ccc(OC)c(OCC)c1.I. The first-order valence-electron chi connectivity index (χ1n) is 11.2. The number of guanidine groups is 1. The number of furan rings is 1. The van der Waals surface area contributed by atoms with Gasteiger partial charge in [-0.05, 0) is 63.8 Å². The van der Waals surface area contributed by atoms with Crippen LogP contribution in [0.25, 0.3) is 0 Å². The van der Waals surface area contributed by atoms with E-state index in [1.54, 1.807) is 13.2 Å². The van der Waals surface area contributed by atoms with Crippen LogP contribution in [-0.2, 0) is 6.42 Å². The molecule has 0 unspecified atom stereocenters. The molecule has 1 amide bonds. The number of benzene rings is 1. The zero-order valence-electron chi connectivity index (χ0n) is 20.0. The summed E-state index contributed by atoms with van der Waals surface area (Å²) < 4.78 is 16.2. The number of nitrogens with zero attached hydrogens (tertiary/aromatic N) is 1. The lowest BCUT2D eigenvalue weighted by molar-refractivity contribution is 0.0925. The summed E-state index contributed by atoms with van der Waals surface area (Å²) in [7, 11) is 1.65. The molecule has 3 N–H and O–H groups in total. The maximum Gasteiger partial charge on any atom is 0.287 e. The van der Waals surface area contributed by atoms with Crippen LogP contribution in [0.4, 0.5) is 0 Å². The van der Waals surface area contributed by atoms with E-state index in [1.807, 2.05) is 32.9 Å². The highest BCUT2D eigenvalue weighted by Crippen LogP contribution is 2.28. The van der Waals surface area contributed by atoms with Crippen molar-refractivity contribution in [1.29, 1.82) is 0 Å². The van der Waals surface area contributed by atoms with E-state index < -0.39 is 0 Å². The molecule has 1 heterocycles. The van der Waals surface area contributed by atoms with Crippen molar-refractivity contribution in [3.05, 3.63) is 47.4 Å². The topological polar surface area (TPSA) is 97.1 Å². The number of amides is 1. The van der Waals surface area contributed by atoms with Crippen molar-refractivity contribution in [2.24, 2.45) is 4.99 Å². The fraction of sp³-hybridized carbons (Fsp3) is 0.500. The first kappa shape index (κ1) is 28.6. The van der Waals surface area contributed by atoms with Crippen LogP contribution in [0.1, 0.15) is 48.4 Å². The summed E-state index contributed by atoms with van der Waals surface area (Å²) in [6.45, 7) is 9.21. The van der Waals surface area contributed by atoms with Gasteiger partial charge in [0.05, 0.1) is 20.0 Å². The number of ether oxygens (including phenoxy) is 2. The quantitative estimate of drug-likeness (QED) is 0.146. The van der Waals surface area contributed by atoms with Crippen molar-refractivity contribution in [2.45, 2.75) is 40.0 Å². The molecule has 9 heteroatoms. The van der Waals surface area contributed by atoms with E-state index in [1.165, 1.54) is 11.8 Å². The Morgan fingerprint density at radius 1 is 1.06 bits per heavy atom. The van der Waals surface area contributed by atoms with Gasteiger partial charge >= 0.3 is 0 Å². The summed E-state index contributed by atoms with van der Waals surface area (Å²) in [6, 6.07) is 7.84. The summed E-state index contributed by atoms with van der Waals surface area (Å²) >= 11 is 0. The van der Waals surface area contributed by atoms with Gasteiger partial charge in [0.15, 0.2) is 23.2 Å². The molecule has 1 aromatic heterocycles. The minimum atomic E-state index is -0.187. The number of nitrogens with one attached hydrogen (secondary N) is 3. The second-order valence-corrected chi connectivity index (χ2v) is 7.25. The van der Waals surface area contributed by atoms with Crippen molar-refractivity contribution in [2.75, 3.05) is 39.9 Å². The molecule has 0 fully saturated rings. The lowest BCUT2D eigenvalue weighted by Gasteiger charge is -2.13. The maximum absolute atomic E-state index is 12.0. The second kappa shape index (κ2) is 16.2. The molecule has 184 valence electrons. The molecule has 0 atom stereocenters. The van der Waals surface area contributed by atoms with E-state index >= 15 is 0 Å². The largest absolute Gasteiger partial charge is 0.493 e. The Hall–Kier alpha value is -2.43. The minimum Gasteiger partial charge on any atom is -0.493 e. The molecule has 33 heavy (non-hydrogen) atoms. The average molecular weight is 572 g/mol. The fourth-order valence-corrected chi connectivity index (χ4v) is 3.14. The zero-order chi connectivity index (χ0) is 23.2. The number of halogens is 1. The van der Waals surface area contributed by atoms with E-state index in [4.69, 9.17) is 13.9 Å². The number of methoxy groups -OCH3 is 1. The van der Waals surface area contributed by atoms with Crippen LogP contribution >= 0.6 is 24.0 Å². The number of hydrogen-bond donors (Lipinski definition) is 3. The number of rotatable bonds is 13. The van der Waals surface area contributed by atoms with Crippen molar-refractivity contribution in [3.8, 4) is 11.5 Å². The standard InChI is InChI=1S/C24H36N4O4.HI/c1-5-25-24(28-15-8-14-26-23(29)22-18(3)12-16-32-22)27-13-7-9-19-10-11-20(30-4)21(17-19)31-6-2;/h10-12,16-17H,5-9,13-15H2,1-4H3,(H,26,29)(H2,25,27,28);1H. The van der Waals surface area contributed by atoms with Crippen LogP contribution < -0.4 is 25.4 Å². The summed E-state index contributed by atoms with van der Waals surface area (Å²) in [4.78, 5) is 16.6. The van der Waals surface area contributed by atoms with Gasteiger partial charge in [0.2, 0.25) is 0 Å². The third-order valence-corrected chi connectivity index (χ3v) is 4.77. The summed E-state index contributed by atoms with van der Waals surface area (Å²) in [5.41, 5.74) is 2.04. The highest BCUT2D eigenvalue weighted by Gasteiger charge is 2.11. The molecule has 0 saturated heterocycles. The molecule has 0 aliphatic carbocycles. The van der Waals surface area contributed by atoms with Crippen LogP contribution in [0.15, 0.2) is 39.9 Å². The van der Waals surface area contributed by atoms with Crippen molar-refractivity contribution < 1.29 is 18.7 Å². The van der Waals surface area contributed by atoms with Crippen molar-refractivity contribution in [1.82, 2.24) is 16.0 Å². The van der Waals surface area contributed by atoms with Gasteiger partial charge in [-0.1, -0.05) is 6.07 Å². The smallest absolute Gasteiger partial charge is 0.287 e. The number of hydrogen-bond acceptors (Lipinski definition) is 5. The molecule has 1 aromatic carbocycles. The molecule has 0 spiro atoms. The molecule has 0 bridgehead atoms. The first-order valence-corrected chi connectivity index (χ1v) is 11.2. The third-order valence-electron chi connectivity index (χ3n) is 4.77. The van der Waals surface area contributed by atoms with Gasteiger partial charge in [0, 0.05) is 31.7 Å². The molecule has 0 saturated carbocycles. The van der Waals surface area contributed by atoms with Crippen LogP contribution in [0.3, 0.4) is 0 Å². The molecule has 8 nitrogen and oxygen atoms in total. The lowest BCUT2D eigenvalue weighted by Crippen LogP contribution is -2.38. The molecule has 2 rings (SSSR count). The van der Waals surface area contributed by atoms with Gasteiger partial charge in [-0.3, -0.25) is 9.79 Å². The summed E-state index contributed by atoms with van der Waals surface area (Å²) in [5, 5.41) is 9.48. The predicted octanol–water partition coefficient (Wildman–Crippen LogP) is 3.92.